The van der Waals surface area contributed by atoms with Crippen molar-refractivity contribution < 1.29 is 20.6 Å². The van der Waals surface area contributed by atoms with Crippen molar-refractivity contribution in [1.82, 2.24) is 9.55 Å². The van der Waals surface area contributed by atoms with Crippen LogP contribution in [0.2, 0.25) is 0 Å². The summed E-state index contributed by atoms with van der Waals surface area (Å²) >= 11 is 0. The van der Waals surface area contributed by atoms with E-state index in [1.807, 2.05) is 47.0 Å². The average Bonchev–Trinajstić information content (AvgIpc) is 2.83. The standard InChI is InChI=1S/C14H13N3.2HNO3/c15-14-16-12-8-4-5-9-13(12)17(14)10-11-6-2-1-3-7-11;2*2-1(3)4/h1-9H,10H2,(H2,15,16);2*(H,2,3,4). The number of hydrogen-bond donors (Lipinski definition) is 3. The van der Waals surface area contributed by atoms with Gasteiger partial charge in [0.25, 0.3) is 10.2 Å². The second-order valence-corrected chi connectivity index (χ2v) is 4.51. The maximum Gasteiger partial charge on any atom is 0.291 e. The number of imidazole rings is 1. The van der Waals surface area contributed by atoms with Crippen LogP contribution in [0.4, 0.5) is 5.95 Å². The van der Waals surface area contributed by atoms with E-state index in [-0.39, 0.29) is 0 Å². The third-order valence-corrected chi connectivity index (χ3v) is 2.87. The van der Waals surface area contributed by atoms with Gasteiger partial charge in [-0.25, -0.2) is 4.98 Å². The van der Waals surface area contributed by atoms with Crippen LogP contribution in [0.5, 0.6) is 0 Å². The zero-order valence-corrected chi connectivity index (χ0v) is 12.8. The number of aromatic nitrogens is 2. The largest absolute Gasteiger partial charge is 0.369 e. The number of hydrogen-bond acceptors (Lipinski definition) is 6. The highest BCUT2D eigenvalue weighted by atomic mass is 16.9. The Bertz CT molecular complexity index is 816. The summed E-state index contributed by atoms with van der Waals surface area (Å²) in [4.78, 5) is 21.1. The molecule has 0 unspecified atom stereocenters. The third-order valence-electron chi connectivity index (χ3n) is 2.87. The molecule has 0 aliphatic rings. The minimum absolute atomic E-state index is 0.565. The van der Waals surface area contributed by atoms with Crippen molar-refractivity contribution in [3.05, 3.63) is 80.4 Å². The van der Waals surface area contributed by atoms with Crippen LogP contribution >= 0.6 is 0 Å². The van der Waals surface area contributed by atoms with E-state index >= 15 is 0 Å². The van der Waals surface area contributed by atoms with Crippen LogP contribution in [-0.4, -0.2) is 30.1 Å². The summed E-state index contributed by atoms with van der Waals surface area (Å²) < 4.78 is 2.03. The number of nitrogens with zero attached hydrogens (tertiary/aromatic N) is 4. The second-order valence-electron chi connectivity index (χ2n) is 4.51. The Labute approximate surface area is 140 Å². The van der Waals surface area contributed by atoms with Gasteiger partial charge in [0.1, 0.15) is 0 Å². The molecule has 3 aromatic rings. The van der Waals surface area contributed by atoms with Crippen molar-refractivity contribution in [2.24, 2.45) is 0 Å². The van der Waals surface area contributed by atoms with E-state index in [9.17, 15) is 0 Å². The Kier molecular flexibility index (Phi) is 7.12. The van der Waals surface area contributed by atoms with E-state index in [0.717, 1.165) is 17.6 Å². The first-order valence-electron chi connectivity index (χ1n) is 6.72. The molecule has 11 heteroatoms. The van der Waals surface area contributed by atoms with Crippen molar-refractivity contribution in [2.75, 3.05) is 5.73 Å². The smallest absolute Gasteiger partial charge is 0.291 e. The molecule has 0 saturated heterocycles. The molecule has 0 bridgehead atoms. The van der Waals surface area contributed by atoms with Gasteiger partial charge in [0.15, 0.2) is 0 Å². The van der Waals surface area contributed by atoms with Gasteiger partial charge in [-0.05, 0) is 17.7 Å². The Morgan fingerprint density at radius 1 is 0.960 bits per heavy atom. The lowest BCUT2D eigenvalue weighted by atomic mass is 10.2. The van der Waals surface area contributed by atoms with Crippen molar-refractivity contribution in [3.8, 4) is 0 Å². The van der Waals surface area contributed by atoms with Gasteiger partial charge in [-0.15, -0.1) is 20.2 Å². The summed E-state index contributed by atoms with van der Waals surface area (Å²) in [6.07, 6.45) is 0. The van der Waals surface area contributed by atoms with Crippen molar-refractivity contribution >= 4 is 17.0 Å². The molecule has 11 nitrogen and oxygen atoms in total. The average molecular weight is 349 g/mol. The van der Waals surface area contributed by atoms with Gasteiger partial charge >= 0.3 is 0 Å². The van der Waals surface area contributed by atoms with Crippen LogP contribution in [0.25, 0.3) is 11.0 Å². The fourth-order valence-corrected chi connectivity index (χ4v) is 2.03. The van der Waals surface area contributed by atoms with Crippen LogP contribution in [0.1, 0.15) is 5.56 Å². The van der Waals surface area contributed by atoms with Crippen LogP contribution in [0.15, 0.2) is 54.6 Å². The number of rotatable bonds is 2. The van der Waals surface area contributed by atoms with Crippen molar-refractivity contribution in [1.29, 1.82) is 0 Å². The van der Waals surface area contributed by atoms with E-state index in [2.05, 4.69) is 17.1 Å². The number of anilines is 1. The van der Waals surface area contributed by atoms with Gasteiger partial charge in [-0.2, -0.15) is 0 Å². The van der Waals surface area contributed by atoms with Gasteiger partial charge in [-0.3, -0.25) is 0 Å². The summed E-state index contributed by atoms with van der Waals surface area (Å²) in [7, 11) is 0. The highest BCUT2D eigenvalue weighted by Gasteiger charge is 2.07. The van der Waals surface area contributed by atoms with Crippen molar-refractivity contribution in [2.45, 2.75) is 6.54 Å². The second kappa shape index (κ2) is 9.29. The van der Waals surface area contributed by atoms with Crippen LogP contribution in [-0.2, 0) is 6.54 Å². The Morgan fingerprint density at radius 2 is 1.44 bits per heavy atom. The monoisotopic (exact) mass is 349 g/mol. The molecule has 0 atom stereocenters. The molecule has 1 heterocycles. The fourth-order valence-electron chi connectivity index (χ4n) is 2.03. The predicted octanol–water partition coefficient (Wildman–Crippen LogP) is 1.97. The number of para-hydroxylation sites is 2. The van der Waals surface area contributed by atoms with Gasteiger partial charge in [0.2, 0.25) is 5.95 Å². The first kappa shape index (κ1) is 19.2. The Balaban J connectivity index is 0.000000333. The van der Waals surface area contributed by atoms with Crippen molar-refractivity contribution in [3.63, 3.8) is 0 Å². The van der Waals surface area contributed by atoms with E-state index in [0.29, 0.717) is 5.95 Å². The molecule has 25 heavy (non-hydrogen) atoms. The SMILES string of the molecule is Nc1nc2ccccc2n1Cc1ccccc1.O=[N+]([O-])O.O=[N+]([O-])O. The topological polar surface area (TPSA) is 171 Å². The van der Waals surface area contributed by atoms with Gasteiger partial charge in [0.05, 0.1) is 17.6 Å². The number of fused-ring (bicyclic) bond motifs is 1. The molecular formula is C14H15N5O6. The summed E-state index contributed by atoms with van der Waals surface area (Å²) in [5.74, 6) is 0.565. The first-order valence-corrected chi connectivity index (χ1v) is 6.72. The first-order chi connectivity index (χ1) is 11.8. The summed E-state index contributed by atoms with van der Waals surface area (Å²) in [6, 6.07) is 18.3. The van der Waals surface area contributed by atoms with E-state index in [1.165, 1.54) is 5.56 Å². The van der Waals surface area contributed by atoms with E-state index in [4.69, 9.17) is 36.4 Å². The summed E-state index contributed by atoms with van der Waals surface area (Å²) in [5, 5.41) is 27.3. The molecular weight excluding hydrogens is 334 g/mol. The van der Waals surface area contributed by atoms with Crippen LogP contribution in [0, 0.1) is 20.2 Å². The molecule has 132 valence electrons. The molecule has 0 spiro atoms. The van der Waals surface area contributed by atoms with Gasteiger partial charge < -0.3 is 20.7 Å². The van der Waals surface area contributed by atoms with E-state index < -0.39 is 10.2 Å². The lowest BCUT2D eigenvalue weighted by Crippen LogP contribution is -2.04. The zero-order chi connectivity index (χ0) is 18.8. The third kappa shape index (κ3) is 6.81. The zero-order valence-electron chi connectivity index (χ0n) is 12.8. The fraction of sp³-hybridized carbons (Fsp3) is 0.0714. The normalized spacial score (nSPS) is 9.28. The number of nitrogen functional groups attached to an aromatic ring is 1. The summed E-state index contributed by atoms with van der Waals surface area (Å²) in [6.45, 7) is 0.757. The highest BCUT2D eigenvalue weighted by molar-refractivity contribution is 5.78. The molecule has 0 aliphatic heterocycles. The minimum Gasteiger partial charge on any atom is -0.369 e. The molecule has 2 aromatic carbocycles. The van der Waals surface area contributed by atoms with Crippen LogP contribution < -0.4 is 5.73 Å². The number of benzene rings is 2. The Hall–Kier alpha value is -3.89. The lowest BCUT2D eigenvalue weighted by molar-refractivity contribution is -0.742. The quantitative estimate of drug-likeness (QED) is 0.465. The Morgan fingerprint density at radius 3 is 2.00 bits per heavy atom. The molecule has 0 saturated carbocycles. The molecule has 0 fully saturated rings. The van der Waals surface area contributed by atoms with Gasteiger partial charge in [-0.1, -0.05) is 42.5 Å². The maximum atomic E-state index is 8.36. The predicted molar refractivity (Wildman–Crippen MR) is 87.3 cm³/mol. The summed E-state index contributed by atoms with van der Waals surface area (Å²) in [5.41, 5.74) is 9.20. The number of nitrogens with two attached hydrogens (primary N) is 1. The molecule has 3 rings (SSSR count). The van der Waals surface area contributed by atoms with Crippen LogP contribution in [0.3, 0.4) is 0 Å². The molecule has 1 aromatic heterocycles. The highest BCUT2D eigenvalue weighted by Crippen LogP contribution is 2.18. The molecule has 0 aliphatic carbocycles. The van der Waals surface area contributed by atoms with Gasteiger partial charge in [0, 0.05) is 0 Å². The molecule has 0 amide bonds. The molecule has 0 radical (unpaired) electrons. The maximum absolute atomic E-state index is 8.36. The molecule has 4 N–H and O–H groups in total. The minimum atomic E-state index is -1.50. The lowest BCUT2D eigenvalue weighted by Gasteiger charge is -2.06. The van der Waals surface area contributed by atoms with E-state index in [1.54, 1.807) is 0 Å².